The van der Waals surface area contributed by atoms with Crippen LogP contribution in [-0.4, -0.2) is 78.4 Å². The van der Waals surface area contributed by atoms with Crippen LogP contribution in [0.5, 0.6) is 5.75 Å². The second kappa shape index (κ2) is 12.1. The number of rotatable bonds is 5. The number of hydrogen-bond donors (Lipinski definition) is 3. The Morgan fingerprint density at radius 3 is 2.67 bits per heavy atom. The SMILES string of the molecule is C[C@@H]1CN([C@H](C)CO)S(=O)(=O)c2ccc(C#CC3(O)CCCC3)cc2O[C@H]1CN(C)C(=O)Nc1cccc(F)c1. The largest absolute Gasteiger partial charge is 0.487 e. The molecule has 0 radical (unpaired) electrons. The summed E-state index contributed by atoms with van der Waals surface area (Å²) >= 11 is 0. The second-order valence-electron chi connectivity index (χ2n) is 10.7. The van der Waals surface area contributed by atoms with Crippen LogP contribution in [-0.2, 0) is 10.0 Å². The highest BCUT2D eigenvalue weighted by Crippen LogP contribution is 2.34. The molecule has 0 aromatic heterocycles. The van der Waals surface area contributed by atoms with Crippen molar-refractivity contribution < 1.29 is 32.6 Å². The molecular formula is C29H36FN3O6S. The van der Waals surface area contributed by atoms with Crippen molar-refractivity contribution in [1.29, 1.82) is 0 Å². The third kappa shape index (κ3) is 6.75. The maximum Gasteiger partial charge on any atom is 0.321 e. The van der Waals surface area contributed by atoms with Crippen molar-refractivity contribution in [1.82, 2.24) is 9.21 Å². The zero-order chi connectivity index (χ0) is 29.1. The van der Waals surface area contributed by atoms with Crippen LogP contribution in [0.4, 0.5) is 14.9 Å². The number of hydrogen-bond acceptors (Lipinski definition) is 6. The number of carbonyl (C=O) groups excluding carboxylic acids is 1. The highest BCUT2D eigenvalue weighted by atomic mass is 32.2. The number of halogens is 1. The topological polar surface area (TPSA) is 119 Å². The van der Waals surface area contributed by atoms with Gasteiger partial charge in [-0.3, -0.25) is 0 Å². The van der Waals surface area contributed by atoms with Crippen LogP contribution in [0.15, 0.2) is 47.4 Å². The van der Waals surface area contributed by atoms with Gasteiger partial charge in [-0.2, -0.15) is 4.31 Å². The average Bonchev–Trinajstić information content (AvgIpc) is 3.35. The molecule has 9 nitrogen and oxygen atoms in total. The average molecular weight is 574 g/mol. The smallest absolute Gasteiger partial charge is 0.321 e. The van der Waals surface area contributed by atoms with Gasteiger partial charge in [-0.05, 0) is 69.0 Å². The third-order valence-corrected chi connectivity index (χ3v) is 9.43. The van der Waals surface area contributed by atoms with E-state index in [2.05, 4.69) is 17.2 Å². The lowest BCUT2D eigenvalue weighted by Gasteiger charge is -2.37. The highest BCUT2D eigenvalue weighted by Gasteiger charge is 2.38. The molecule has 3 N–H and O–H groups in total. The number of sulfonamides is 1. The summed E-state index contributed by atoms with van der Waals surface area (Å²) in [5, 5.41) is 23.1. The highest BCUT2D eigenvalue weighted by molar-refractivity contribution is 7.89. The minimum absolute atomic E-state index is 0.0577. The Morgan fingerprint density at radius 1 is 1.27 bits per heavy atom. The van der Waals surface area contributed by atoms with E-state index in [1.165, 1.54) is 39.5 Å². The first-order valence-corrected chi connectivity index (χ1v) is 14.8. The zero-order valence-electron chi connectivity index (χ0n) is 22.9. The van der Waals surface area contributed by atoms with Gasteiger partial charge < -0.3 is 25.2 Å². The Morgan fingerprint density at radius 2 is 2.00 bits per heavy atom. The zero-order valence-corrected chi connectivity index (χ0v) is 23.7. The Hall–Kier alpha value is -3.17. The number of benzene rings is 2. The maximum atomic E-state index is 13.7. The quantitative estimate of drug-likeness (QED) is 0.472. The fraction of sp³-hybridized carbons (Fsp3) is 0.483. The van der Waals surface area contributed by atoms with Gasteiger partial charge in [0.25, 0.3) is 0 Å². The number of fused-ring (bicyclic) bond motifs is 1. The van der Waals surface area contributed by atoms with E-state index < -0.39 is 39.6 Å². The summed E-state index contributed by atoms with van der Waals surface area (Å²) in [6, 6.07) is 8.92. The van der Waals surface area contributed by atoms with Crippen molar-refractivity contribution in [3.63, 3.8) is 0 Å². The van der Waals surface area contributed by atoms with Crippen LogP contribution in [0.3, 0.4) is 0 Å². The molecule has 1 saturated carbocycles. The van der Waals surface area contributed by atoms with E-state index in [4.69, 9.17) is 4.74 Å². The number of amides is 2. The molecule has 0 spiro atoms. The van der Waals surface area contributed by atoms with Gasteiger partial charge >= 0.3 is 6.03 Å². The van der Waals surface area contributed by atoms with Crippen molar-refractivity contribution in [2.75, 3.05) is 32.1 Å². The van der Waals surface area contributed by atoms with Crippen LogP contribution in [0.25, 0.3) is 0 Å². The molecule has 1 heterocycles. The third-order valence-electron chi connectivity index (χ3n) is 7.41. The van der Waals surface area contributed by atoms with Crippen LogP contribution < -0.4 is 10.1 Å². The lowest BCUT2D eigenvalue weighted by atomic mass is 10.0. The predicted molar refractivity (Wildman–Crippen MR) is 149 cm³/mol. The van der Waals surface area contributed by atoms with E-state index in [0.717, 1.165) is 12.8 Å². The molecule has 2 amide bonds. The number of nitrogens with zero attached hydrogens (tertiary/aromatic N) is 2. The maximum absolute atomic E-state index is 13.7. The Labute approximate surface area is 235 Å². The summed E-state index contributed by atoms with van der Waals surface area (Å²) in [7, 11) is -2.47. The number of likely N-dealkylation sites (N-methyl/N-ethyl adjacent to an activating group) is 1. The first-order valence-electron chi connectivity index (χ1n) is 13.4. The van der Waals surface area contributed by atoms with Gasteiger partial charge in [0.1, 0.15) is 28.2 Å². The van der Waals surface area contributed by atoms with Crippen LogP contribution in [0.2, 0.25) is 0 Å². The van der Waals surface area contributed by atoms with Crippen LogP contribution >= 0.6 is 0 Å². The molecule has 40 heavy (non-hydrogen) atoms. The lowest BCUT2D eigenvalue weighted by Crippen LogP contribution is -2.50. The number of ether oxygens (including phenoxy) is 1. The van der Waals surface area contributed by atoms with Crippen molar-refractivity contribution in [2.24, 2.45) is 5.92 Å². The van der Waals surface area contributed by atoms with E-state index in [1.807, 2.05) is 6.92 Å². The lowest BCUT2D eigenvalue weighted by molar-refractivity contribution is 0.0830. The van der Waals surface area contributed by atoms with Crippen molar-refractivity contribution in [3.8, 4) is 17.6 Å². The fourth-order valence-corrected chi connectivity index (χ4v) is 6.76. The molecule has 0 bridgehead atoms. The summed E-state index contributed by atoms with van der Waals surface area (Å²) in [4.78, 5) is 14.2. The minimum atomic E-state index is -4.04. The number of carbonyl (C=O) groups is 1. The number of urea groups is 1. The fourth-order valence-electron chi connectivity index (χ4n) is 4.93. The molecule has 1 aliphatic carbocycles. The molecule has 0 unspecified atom stereocenters. The summed E-state index contributed by atoms with van der Waals surface area (Å²) in [6.45, 7) is 3.23. The predicted octanol–water partition coefficient (Wildman–Crippen LogP) is 3.41. The van der Waals surface area contributed by atoms with Crippen LogP contribution in [0, 0.1) is 23.6 Å². The summed E-state index contributed by atoms with van der Waals surface area (Å²) < 4.78 is 48.5. The van der Waals surface area contributed by atoms with E-state index in [-0.39, 0.29) is 36.3 Å². The van der Waals surface area contributed by atoms with E-state index in [9.17, 15) is 27.8 Å². The Kier molecular flexibility index (Phi) is 9.05. The first-order chi connectivity index (χ1) is 18.9. The molecule has 4 rings (SSSR count). The molecule has 2 aliphatic rings. The monoisotopic (exact) mass is 573 g/mol. The minimum Gasteiger partial charge on any atom is -0.487 e. The molecule has 11 heteroatoms. The van der Waals surface area contributed by atoms with Crippen molar-refractivity contribution >= 4 is 21.7 Å². The normalized spacial score (nSPS) is 22.4. The van der Waals surface area contributed by atoms with E-state index >= 15 is 0 Å². The van der Waals surface area contributed by atoms with Crippen LogP contribution in [0.1, 0.15) is 45.1 Å². The summed E-state index contributed by atoms with van der Waals surface area (Å²) in [6.07, 6.45) is 2.35. The standard InChI is InChI=1S/C29H36FN3O6S/c1-20-17-33(21(2)19-34)40(37,38)27-10-9-22(11-14-29(36)12-4-5-13-29)15-25(27)39-26(20)18-32(3)28(35)31-24-8-6-7-23(30)16-24/h6-10,15-16,20-21,26,34,36H,4-5,12-13,17-19H2,1-3H3,(H,31,35)/t20-,21-,26+/m1/s1. The number of aliphatic hydroxyl groups excluding tert-OH is 1. The van der Waals surface area contributed by atoms with Gasteiger partial charge in [0, 0.05) is 36.8 Å². The van der Waals surface area contributed by atoms with Gasteiger partial charge in [0.05, 0.1) is 13.2 Å². The number of aliphatic hydroxyl groups is 2. The molecule has 3 atom stereocenters. The van der Waals surface area contributed by atoms with Gasteiger partial charge in [-0.1, -0.05) is 24.8 Å². The van der Waals surface area contributed by atoms with Gasteiger partial charge in [-0.25, -0.2) is 17.6 Å². The molecule has 216 valence electrons. The van der Waals surface area contributed by atoms with E-state index in [1.54, 1.807) is 26.1 Å². The summed E-state index contributed by atoms with van der Waals surface area (Å²) in [5.74, 6) is 5.12. The molecule has 2 aromatic rings. The Bertz CT molecular complexity index is 1400. The van der Waals surface area contributed by atoms with Crippen molar-refractivity contribution in [2.45, 2.75) is 62.2 Å². The van der Waals surface area contributed by atoms with Gasteiger partial charge in [0.2, 0.25) is 10.0 Å². The second-order valence-corrected chi connectivity index (χ2v) is 12.6. The number of anilines is 1. The van der Waals surface area contributed by atoms with E-state index in [0.29, 0.717) is 24.1 Å². The van der Waals surface area contributed by atoms with Gasteiger partial charge in [-0.15, -0.1) is 0 Å². The summed E-state index contributed by atoms with van der Waals surface area (Å²) in [5.41, 5.74) is -0.269. The van der Waals surface area contributed by atoms with Gasteiger partial charge in [0.15, 0.2) is 0 Å². The van der Waals surface area contributed by atoms with Crippen molar-refractivity contribution in [3.05, 3.63) is 53.8 Å². The number of nitrogens with one attached hydrogen (secondary N) is 1. The molecule has 1 fully saturated rings. The molecular weight excluding hydrogens is 537 g/mol. The molecule has 0 saturated heterocycles. The first kappa shape index (κ1) is 29.8. The molecule has 1 aliphatic heterocycles. The Balaban J connectivity index is 1.65. The molecule has 2 aromatic carbocycles.